The van der Waals surface area contributed by atoms with E-state index < -0.39 is 5.82 Å². The molecule has 1 saturated carbocycles. The van der Waals surface area contributed by atoms with Crippen LogP contribution in [-0.2, 0) is 4.79 Å². The lowest BCUT2D eigenvalue weighted by atomic mass is 9.94. The Morgan fingerprint density at radius 3 is 2.63 bits per heavy atom. The van der Waals surface area contributed by atoms with Crippen molar-refractivity contribution < 1.29 is 14.3 Å². The number of rotatable bonds is 3. The van der Waals surface area contributed by atoms with E-state index >= 15 is 0 Å². The van der Waals surface area contributed by atoms with Gasteiger partial charge in [0.25, 0.3) is 5.91 Å². The lowest BCUT2D eigenvalue weighted by molar-refractivity contribution is -0.124. The minimum absolute atomic E-state index is 0.0693. The molecule has 0 bridgehead atoms. The van der Waals surface area contributed by atoms with Crippen LogP contribution in [0.4, 0.5) is 10.1 Å². The Labute approximate surface area is 206 Å². The van der Waals surface area contributed by atoms with Crippen LogP contribution in [0.2, 0.25) is 0 Å². The predicted octanol–water partition coefficient (Wildman–Crippen LogP) is 6.68. The SMILES string of the molecule is O=C1/C(=C/c2cc(I)cc(I)c2O)SC(=Nc2ccccc2F)N1C1CCCCC1. The first kappa shape index (κ1) is 22.1. The molecule has 0 atom stereocenters. The Balaban J connectivity index is 1.76. The first-order valence-electron chi connectivity index (χ1n) is 9.68. The summed E-state index contributed by atoms with van der Waals surface area (Å²) >= 11 is 5.51. The van der Waals surface area contributed by atoms with E-state index in [9.17, 15) is 14.3 Å². The number of nitrogens with zero attached hydrogens (tertiary/aromatic N) is 2. The number of hydrogen-bond acceptors (Lipinski definition) is 4. The molecule has 2 aromatic carbocycles. The maximum atomic E-state index is 14.2. The number of aromatic hydroxyl groups is 1. The molecular weight excluding hydrogens is 629 g/mol. The molecule has 4 nitrogen and oxygen atoms in total. The lowest BCUT2D eigenvalue weighted by Crippen LogP contribution is -2.40. The quantitative estimate of drug-likeness (QED) is 0.299. The molecule has 2 aromatic rings. The average Bonchev–Trinajstić information content (AvgIpc) is 3.03. The number of halogens is 3. The number of phenolic OH excluding ortho intramolecular Hbond substituents is 1. The van der Waals surface area contributed by atoms with Gasteiger partial charge in [0.05, 0.1) is 8.48 Å². The zero-order chi connectivity index (χ0) is 21.3. The number of amidine groups is 1. The maximum absolute atomic E-state index is 14.2. The van der Waals surface area contributed by atoms with Gasteiger partial charge in [-0.25, -0.2) is 9.38 Å². The number of aliphatic imine (C=N–C) groups is 1. The first-order valence-corrected chi connectivity index (χ1v) is 12.7. The van der Waals surface area contributed by atoms with Gasteiger partial charge in [-0.3, -0.25) is 9.69 Å². The largest absolute Gasteiger partial charge is 0.506 e. The molecule has 1 aliphatic heterocycles. The molecule has 8 heteroatoms. The summed E-state index contributed by atoms with van der Waals surface area (Å²) in [5.74, 6) is -0.389. The minimum atomic E-state index is -0.413. The highest BCUT2D eigenvalue weighted by Gasteiger charge is 2.39. The Bertz CT molecular complexity index is 1050. The van der Waals surface area contributed by atoms with Gasteiger partial charge in [0.15, 0.2) is 5.17 Å². The number of benzene rings is 2. The van der Waals surface area contributed by atoms with Crippen molar-refractivity contribution in [3.63, 3.8) is 0 Å². The zero-order valence-corrected chi connectivity index (χ0v) is 21.1. The summed E-state index contributed by atoms with van der Waals surface area (Å²) in [6, 6.07) is 10.1. The summed E-state index contributed by atoms with van der Waals surface area (Å²) in [5, 5.41) is 11.0. The van der Waals surface area contributed by atoms with Crippen LogP contribution in [0.15, 0.2) is 46.3 Å². The molecule has 1 aliphatic carbocycles. The van der Waals surface area contributed by atoms with Gasteiger partial charge in [-0.1, -0.05) is 31.4 Å². The second-order valence-electron chi connectivity index (χ2n) is 7.25. The number of amides is 1. The number of hydrogen-bond donors (Lipinski definition) is 1. The molecule has 1 N–H and O–H groups in total. The third-order valence-corrected chi connectivity index (χ3v) is 7.62. The van der Waals surface area contributed by atoms with E-state index in [0.717, 1.165) is 32.8 Å². The summed E-state index contributed by atoms with van der Waals surface area (Å²) in [7, 11) is 0. The Morgan fingerprint density at radius 1 is 1.17 bits per heavy atom. The molecule has 1 heterocycles. The van der Waals surface area contributed by atoms with Crippen molar-refractivity contribution in [2.75, 3.05) is 0 Å². The smallest absolute Gasteiger partial charge is 0.267 e. The van der Waals surface area contributed by atoms with Gasteiger partial charge >= 0.3 is 0 Å². The molecule has 0 spiro atoms. The molecule has 0 radical (unpaired) electrons. The van der Waals surface area contributed by atoms with E-state index in [0.29, 0.717) is 15.6 Å². The number of para-hydroxylation sites is 1. The second kappa shape index (κ2) is 9.56. The summed E-state index contributed by atoms with van der Waals surface area (Å²) in [5.41, 5.74) is 0.819. The van der Waals surface area contributed by atoms with Gasteiger partial charge in [0, 0.05) is 15.2 Å². The van der Waals surface area contributed by atoms with Crippen LogP contribution in [0.3, 0.4) is 0 Å². The van der Waals surface area contributed by atoms with Gasteiger partial charge < -0.3 is 5.11 Å². The normalized spacial score (nSPS) is 20.5. The van der Waals surface area contributed by atoms with Gasteiger partial charge in [-0.15, -0.1) is 0 Å². The fourth-order valence-electron chi connectivity index (χ4n) is 3.71. The van der Waals surface area contributed by atoms with E-state index in [-0.39, 0.29) is 23.4 Å². The molecule has 0 aromatic heterocycles. The molecule has 156 valence electrons. The van der Waals surface area contributed by atoms with Crippen molar-refractivity contribution in [1.82, 2.24) is 4.90 Å². The number of carbonyl (C=O) groups is 1. The third kappa shape index (κ3) is 4.69. The molecule has 1 amide bonds. The van der Waals surface area contributed by atoms with Gasteiger partial charge in [-0.2, -0.15) is 0 Å². The average molecular weight is 648 g/mol. The van der Waals surface area contributed by atoms with Crippen LogP contribution in [0, 0.1) is 13.0 Å². The van der Waals surface area contributed by atoms with Crippen molar-refractivity contribution in [3.05, 3.63) is 59.8 Å². The number of phenols is 1. The molecule has 2 fully saturated rings. The third-order valence-electron chi connectivity index (χ3n) is 5.19. The molecule has 2 aliphatic rings. The fourth-order valence-corrected chi connectivity index (χ4v) is 6.64. The highest BCUT2D eigenvalue weighted by molar-refractivity contribution is 14.1. The Hall–Kier alpha value is -1.14. The van der Waals surface area contributed by atoms with Gasteiger partial charge in [0.1, 0.15) is 17.3 Å². The summed E-state index contributed by atoms with van der Waals surface area (Å²) in [6.45, 7) is 0. The van der Waals surface area contributed by atoms with Crippen molar-refractivity contribution >= 4 is 79.8 Å². The van der Waals surface area contributed by atoms with Gasteiger partial charge in [-0.05, 0) is 100 Å². The van der Waals surface area contributed by atoms with E-state index in [1.54, 1.807) is 29.2 Å². The second-order valence-corrected chi connectivity index (χ2v) is 10.7. The highest BCUT2D eigenvalue weighted by Crippen LogP contribution is 2.40. The fraction of sp³-hybridized carbons (Fsp3) is 0.273. The number of thioether (sulfide) groups is 1. The van der Waals surface area contributed by atoms with E-state index in [4.69, 9.17) is 0 Å². The van der Waals surface area contributed by atoms with Crippen LogP contribution in [0.1, 0.15) is 37.7 Å². The first-order chi connectivity index (χ1) is 14.4. The minimum Gasteiger partial charge on any atom is -0.506 e. The molecule has 4 rings (SSSR count). The van der Waals surface area contributed by atoms with Crippen molar-refractivity contribution in [3.8, 4) is 5.75 Å². The Kier molecular flexibility index (Phi) is 7.03. The van der Waals surface area contributed by atoms with Crippen LogP contribution < -0.4 is 0 Å². The predicted molar refractivity (Wildman–Crippen MR) is 136 cm³/mol. The van der Waals surface area contributed by atoms with E-state index in [1.807, 2.05) is 12.1 Å². The van der Waals surface area contributed by atoms with E-state index in [1.165, 1.54) is 24.2 Å². The van der Waals surface area contributed by atoms with Crippen molar-refractivity contribution in [1.29, 1.82) is 0 Å². The van der Waals surface area contributed by atoms with Crippen molar-refractivity contribution in [2.24, 2.45) is 4.99 Å². The van der Waals surface area contributed by atoms with Crippen LogP contribution in [-0.4, -0.2) is 27.1 Å². The Morgan fingerprint density at radius 2 is 1.90 bits per heavy atom. The molecule has 0 unspecified atom stereocenters. The molecular formula is C22H19FI2N2O2S. The maximum Gasteiger partial charge on any atom is 0.267 e. The monoisotopic (exact) mass is 648 g/mol. The molecule has 1 saturated heterocycles. The van der Waals surface area contributed by atoms with Crippen LogP contribution in [0.25, 0.3) is 6.08 Å². The summed E-state index contributed by atoms with van der Waals surface area (Å²) in [4.78, 5) is 20.1. The lowest BCUT2D eigenvalue weighted by Gasteiger charge is -2.30. The summed E-state index contributed by atoms with van der Waals surface area (Å²) in [6.07, 6.45) is 6.86. The van der Waals surface area contributed by atoms with Gasteiger partial charge in [0.2, 0.25) is 0 Å². The zero-order valence-electron chi connectivity index (χ0n) is 15.9. The standard InChI is InChI=1S/C22H19FI2N2O2S/c23-16-8-4-5-9-18(16)26-22-27(15-6-2-1-3-7-15)21(29)19(30-22)11-13-10-14(24)12-17(25)20(13)28/h4-5,8-12,15,28H,1-3,6-7H2/b19-11-,26-22?. The molecule has 30 heavy (non-hydrogen) atoms. The van der Waals surface area contributed by atoms with Crippen molar-refractivity contribution in [2.45, 2.75) is 38.1 Å². The summed E-state index contributed by atoms with van der Waals surface area (Å²) < 4.78 is 15.9. The number of carbonyl (C=O) groups excluding carboxylic acids is 1. The van der Waals surface area contributed by atoms with Crippen LogP contribution >= 0.6 is 56.9 Å². The topological polar surface area (TPSA) is 52.9 Å². The highest BCUT2D eigenvalue weighted by atomic mass is 127. The van der Waals surface area contributed by atoms with E-state index in [2.05, 4.69) is 50.2 Å². The van der Waals surface area contributed by atoms with Crippen LogP contribution in [0.5, 0.6) is 5.75 Å².